The first-order chi connectivity index (χ1) is 8.37. The number of halogens is 1. The second-order valence-electron chi connectivity index (χ2n) is 4.15. The van der Waals surface area contributed by atoms with Gasteiger partial charge in [0.2, 0.25) is 0 Å². The highest BCUT2D eigenvalue weighted by Gasteiger charge is 2.29. The van der Waals surface area contributed by atoms with E-state index in [1.807, 2.05) is 0 Å². The van der Waals surface area contributed by atoms with Gasteiger partial charge in [-0.1, -0.05) is 28.1 Å². The lowest BCUT2D eigenvalue weighted by atomic mass is 10.2. The summed E-state index contributed by atoms with van der Waals surface area (Å²) in [6.45, 7) is 0. The molecule has 2 N–H and O–H groups in total. The molecule has 0 aromatic heterocycles. The Morgan fingerprint density at radius 3 is 2.78 bits per heavy atom. The Bertz CT molecular complexity index is 586. The van der Waals surface area contributed by atoms with Crippen LogP contribution in [0, 0.1) is 0 Å². The Labute approximate surface area is 120 Å². The van der Waals surface area contributed by atoms with E-state index >= 15 is 0 Å². The van der Waals surface area contributed by atoms with E-state index in [4.69, 9.17) is 22.7 Å². The first-order valence-electron chi connectivity index (χ1n) is 5.34. The predicted octanol–water partition coefficient (Wildman–Crippen LogP) is 1.65. The molecule has 4 nitrogen and oxygen atoms in total. The molecule has 98 valence electrons. The lowest BCUT2D eigenvalue weighted by Gasteiger charge is -2.15. The van der Waals surface area contributed by atoms with E-state index in [1.165, 1.54) is 0 Å². The number of rotatable bonds is 3. The molecule has 1 aromatic rings. The summed E-state index contributed by atoms with van der Waals surface area (Å²) in [6.07, 6.45) is 0.194. The Morgan fingerprint density at radius 2 is 2.22 bits per heavy atom. The number of benzene rings is 1. The second-order valence-corrected chi connectivity index (χ2v) is 7.73. The minimum Gasteiger partial charge on any atom is -0.489 e. The molecule has 0 spiro atoms. The Balaban J connectivity index is 2.22. The van der Waals surface area contributed by atoms with Crippen LogP contribution in [-0.4, -0.2) is 31.0 Å². The molecule has 2 rings (SSSR count). The van der Waals surface area contributed by atoms with Crippen molar-refractivity contribution in [2.45, 2.75) is 12.5 Å². The van der Waals surface area contributed by atoms with Crippen molar-refractivity contribution in [3.8, 4) is 5.75 Å². The molecule has 1 heterocycles. The highest BCUT2D eigenvalue weighted by Crippen LogP contribution is 2.26. The first kappa shape index (κ1) is 13.8. The average molecular weight is 350 g/mol. The zero-order valence-corrected chi connectivity index (χ0v) is 12.6. The smallest absolute Gasteiger partial charge is 0.154 e. The quantitative estimate of drug-likeness (QED) is 0.840. The summed E-state index contributed by atoms with van der Waals surface area (Å²) in [5.74, 6) is 0.768. The average Bonchev–Trinajstić information content (AvgIpc) is 2.60. The van der Waals surface area contributed by atoms with E-state index in [-0.39, 0.29) is 22.6 Å². The van der Waals surface area contributed by atoms with Gasteiger partial charge < -0.3 is 10.5 Å². The second kappa shape index (κ2) is 5.14. The van der Waals surface area contributed by atoms with Gasteiger partial charge in [0, 0.05) is 4.47 Å². The van der Waals surface area contributed by atoms with Crippen LogP contribution in [0.1, 0.15) is 12.0 Å². The van der Waals surface area contributed by atoms with E-state index in [0.29, 0.717) is 17.7 Å². The topological polar surface area (TPSA) is 69.4 Å². The molecule has 7 heteroatoms. The van der Waals surface area contributed by atoms with Crippen LogP contribution in [0.25, 0.3) is 0 Å². The van der Waals surface area contributed by atoms with Crippen molar-refractivity contribution < 1.29 is 13.2 Å². The molecule has 1 unspecified atom stereocenters. The van der Waals surface area contributed by atoms with Gasteiger partial charge in [-0.05, 0) is 24.6 Å². The fourth-order valence-electron chi connectivity index (χ4n) is 1.83. The monoisotopic (exact) mass is 349 g/mol. The normalized spacial score (nSPS) is 21.7. The van der Waals surface area contributed by atoms with Crippen molar-refractivity contribution in [1.29, 1.82) is 0 Å². The van der Waals surface area contributed by atoms with Crippen molar-refractivity contribution in [1.82, 2.24) is 0 Å². The van der Waals surface area contributed by atoms with Gasteiger partial charge in [-0.25, -0.2) is 8.42 Å². The predicted molar refractivity (Wildman–Crippen MR) is 77.7 cm³/mol. The van der Waals surface area contributed by atoms with Crippen LogP contribution >= 0.6 is 28.1 Å². The van der Waals surface area contributed by atoms with Gasteiger partial charge in [-0.3, -0.25) is 0 Å². The molecule has 1 aromatic carbocycles. The molecule has 0 bridgehead atoms. The van der Waals surface area contributed by atoms with E-state index in [2.05, 4.69) is 15.9 Å². The summed E-state index contributed by atoms with van der Waals surface area (Å²) < 4.78 is 29.3. The molecule has 1 saturated heterocycles. The molecule has 18 heavy (non-hydrogen) atoms. The summed E-state index contributed by atoms with van der Waals surface area (Å²) in [6, 6.07) is 5.31. The number of hydrogen-bond acceptors (Lipinski definition) is 4. The van der Waals surface area contributed by atoms with Gasteiger partial charge in [-0.2, -0.15) is 0 Å². The maximum atomic E-state index is 11.4. The Morgan fingerprint density at radius 1 is 1.50 bits per heavy atom. The maximum Gasteiger partial charge on any atom is 0.154 e. The number of thiocarbonyl (C=S) groups is 1. The van der Waals surface area contributed by atoms with Crippen molar-refractivity contribution in [3.63, 3.8) is 0 Å². The molecule has 1 fully saturated rings. The van der Waals surface area contributed by atoms with Crippen molar-refractivity contribution in [2.24, 2.45) is 5.73 Å². The summed E-state index contributed by atoms with van der Waals surface area (Å²) in [4.78, 5) is 0.229. The maximum absolute atomic E-state index is 11.4. The molecule has 1 aliphatic rings. The van der Waals surface area contributed by atoms with E-state index in [1.54, 1.807) is 18.2 Å². The van der Waals surface area contributed by atoms with Gasteiger partial charge in [0.25, 0.3) is 0 Å². The molecule has 0 radical (unpaired) electrons. The highest BCUT2D eigenvalue weighted by atomic mass is 79.9. The van der Waals surface area contributed by atoms with Gasteiger partial charge in [0.1, 0.15) is 16.8 Å². The van der Waals surface area contributed by atoms with E-state index in [0.717, 1.165) is 4.47 Å². The minimum absolute atomic E-state index is 0.0554. The van der Waals surface area contributed by atoms with Crippen LogP contribution < -0.4 is 10.5 Å². The van der Waals surface area contributed by atoms with Gasteiger partial charge in [0.15, 0.2) is 9.84 Å². The summed E-state index contributed by atoms with van der Waals surface area (Å²) in [7, 11) is -2.96. The molecule has 1 atom stereocenters. The lowest BCUT2D eigenvalue weighted by molar-refractivity contribution is 0.228. The minimum atomic E-state index is -2.96. The Hall–Kier alpha value is -0.660. The fourth-order valence-corrected chi connectivity index (χ4v) is 3.94. The highest BCUT2D eigenvalue weighted by molar-refractivity contribution is 9.10. The number of sulfone groups is 1. The third-order valence-corrected chi connectivity index (χ3v) is 5.14. The van der Waals surface area contributed by atoms with E-state index in [9.17, 15) is 8.42 Å². The van der Waals surface area contributed by atoms with Crippen molar-refractivity contribution in [2.75, 3.05) is 11.5 Å². The van der Waals surface area contributed by atoms with Crippen LogP contribution in [0.5, 0.6) is 5.75 Å². The van der Waals surface area contributed by atoms with Gasteiger partial charge in [0.05, 0.1) is 17.1 Å². The largest absolute Gasteiger partial charge is 0.489 e. The summed E-state index contributed by atoms with van der Waals surface area (Å²) in [5, 5.41) is 0. The standard InChI is InChI=1S/C11H12BrNO3S2/c12-7-1-2-10(9(5-7)11(13)17)16-8-3-4-18(14,15)6-8/h1-2,5,8H,3-4,6H2,(H2,13,17). The van der Waals surface area contributed by atoms with Crippen LogP contribution in [0.3, 0.4) is 0 Å². The lowest BCUT2D eigenvalue weighted by Crippen LogP contribution is -2.20. The number of ether oxygens (including phenoxy) is 1. The zero-order valence-electron chi connectivity index (χ0n) is 9.43. The third kappa shape index (κ3) is 3.21. The van der Waals surface area contributed by atoms with Crippen LogP contribution in [-0.2, 0) is 9.84 Å². The molecule has 0 saturated carbocycles. The van der Waals surface area contributed by atoms with Crippen LogP contribution in [0.2, 0.25) is 0 Å². The fraction of sp³-hybridized carbons (Fsp3) is 0.364. The SMILES string of the molecule is NC(=S)c1cc(Br)ccc1OC1CCS(=O)(=O)C1. The molecule has 0 aliphatic carbocycles. The summed E-state index contributed by atoms with van der Waals surface area (Å²) >= 11 is 8.28. The Kier molecular flexibility index (Phi) is 3.93. The van der Waals surface area contributed by atoms with Crippen LogP contribution in [0.15, 0.2) is 22.7 Å². The van der Waals surface area contributed by atoms with Crippen molar-refractivity contribution >= 4 is 43.0 Å². The number of hydrogen-bond donors (Lipinski definition) is 1. The zero-order chi connectivity index (χ0) is 13.3. The van der Waals surface area contributed by atoms with Gasteiger partial charge in [-0.15, -0.1) is 0 Å². The van der Waals surface area contributed by atoms with Crippen LogP contribution in [0.4, 0.5) is 0 Å². The molecule has 1 aliphatic heterocycles. The third-order valence-electron chi connectivity index (χ3n) is 2.69. The van der Waals surface area contributed by atoms with Crippen molar-refractivity contribution in [3.05, 3.63) is 28.2 Å². The first-order valence-corrected chi connectivity index (χ1v) is 8.36. The molecule has 0 amide bonds. The van der Waals surface area contributed by atoms with E-state index < -0.39 is 9.84 Å². The van der Waals surface area contributed by atoms with Gasteiger partial charge >= 0.3 is 0 Å². The molecular weight excluding hydrogens is 338 g/mol. The number of nitrogens with two attached hydrogens (primary N) is 1. The molecular formula is C11H12BrNO3S2. The summed E-state index contributed by atoms with van der Waals surface area (Å²) in [5.41, 5.74) is 6.24.